The van der Waals surface area contributed by atoms with Crippen LogP contribution in [0.25, 0.3) is 0 Å². The van der Waals surface area contributed by atoms with Gasteiger partial charge < -0.3 is 20.3 Å². The molecule has 0 saturated carbocycles. The van der Waals surface area contributed by atoms with Crippen molar-refractivity contribution in [2.45, 2.75) is 322 Å². The van der Waals surface area contributed by atoms with E-state index >= 15 is 0 Å². The molecule has 0 heterocycles. The molecule has 0 bridgehead atoms. The zero-order chi connectivity index (χ0) is 45.9. The third-order valence-electron chi connectivity index (χ3n) is 13.0. The molecule has 6 heteroatoms. The molecule has 63 heavy (non-hydrogen) atoms. The van der Waals surface area contributed by atoms with Crippen molar-refractivity contribution in [2.24, 2.45) is 0 Å². The number of unbranched alkanes of at least 4 members (excludes halogenated alkanes) is 35. The minimum absolute atomic E-state index is 0.0671. The summed E-state index contributed by atoms with van der Waals surface area (Å²) in [5.41, 5.74) is 0. The number of aliphatic hydroxyl groups excluding tert-OH is 2. The third kappa shape index (κ3) is 46.7. The van der Waals surface area contributed by atoms with E-state index in [2.05, 4.69) is 50.4 Å². The lowest BCUT2D eigenvalue weighted by molar-refractivity contribution is -0.151. The maximum absolute atomic E-state index is 13.2. The Labute approximate surface area is 392 Å². The molecule has 3 atom stereocenters. The number of rotatable bonds is 51. The molecule has 0 aliphatic heterocycles. The summed E-state index contributed by atoms with van der Waals surface area (Å²) in [5, 5.41) is 23.8. The normalized spacial score (nSPS) is 13.3. The molecular weight excluding hydrogens is 779 g/mol. The van der Waals surface area contributed by atoms with E-state index in [1.807, 2.05) is 0 Å². The van der Waals surface area contributed by atoms with Crippen LogP contribution in [0.2, 0.25) is 0 Å². The quantitative estimate of drug-likeness (QED) is 0.0321. The first-order valence-corrected chi connectivity index (χ1v) is 28.1. The van der Waals surface area contributed by atoms with Gasteiger partial charge in [0.2, 0.25) is 5.91 Å². The van der Waals surface area contributed by atoms with Crippen molar-refractivity contribution in [1.82, 2.24) is 5.32 Å². The van der Waals surface area contributed by atoms with Gasteiger partial charge in [0.05, 0.1) is 25.2 Å². The Balaban J connectivity index is 4.38. The van der Waals surface area contributed by atoms with Crippen LogP contribution in [-0.4, -0.2) is 46.9 Å². The number of hydrogen-bond donors (Lipinski definition) is 3. The first-order chi connectivity index (χ1) is 31.0. The van der Waals surface area contributed by atoms with E-state index in [0.29, 0.717) is 19.3 Å². The van der Waals surface area contributed by atoms with Crippen LogP contribution in [0.5, 0.6) is 0 Å². The summed E-state index contributed by atoms with van der Waals surface area (Å²) in [6.45, 7) is 6.47. The number of carbonyl (C=O) groups excluding carboxylic acids is 2. The van der Waals surface area contributed by atoms with Crippen LogP contribution in [0.1, 0.15) is 303 Å². The molecule has 0 aromatic carbocycles. The minimum Gasteiger partial charge on any atom is -0.462 e. The highest BCUT2D eigenvalue weighted by atomic mass is 16.5. The fourth-order valence-corrected chi connectivity index (χ4v) is 8.70. The first-order valence-electron chi connectivity index (χ1n) is 28.1. The van der Waals surface area contributed by atoms with E-state index in [0.717, 1.165) is 70.6 Å². The molecule has 0 rings (SSSR count). The van der Waals surface area contributed by atoms with Crippen molar-refractivity contribution in [3.05, 3.63) is 24.3 Å². The van der Waals surface area contributed by atoms with Crippen molar-refractivity contribution in [3.63, 3.8) is 0 Å². The zero-order valence-corrected chi connectivity index (χ0v) is 42.5. The summed E-state index contributed by atoms with van der Waals surface area (Å²) in [4.78, 5) is 26.1. The highest BCUT2D eigenvalue weighted by molar-refractivity contribution is 5.77. The Kier molecular flexibility index (Phi) is 50.0. The fourth-order valence-electron chi connectivity index (χ4n) is 8.70. The zero-order valence-electron chi connectivity index (χ0n) is 42.5. The number of amides is 1. The molecule has 0 fully saturated rings. The first kappa shape index (κ1) is 61.3. The molecule has 3 N–H and O–H groups in total. The van der Waals surface area contributed by atoms with Crippen molar-refractivity contribution < 1.29 is 24.5 Å². The van der Waals surface area contributed by atoms with Gasteiger partial charge in [-0.05, 0) is 70.6 Å². The summed E-state index contributed by atoms with van der Waals surface area (Å²) >= 11 is 0. The van der Waals surface area contributed by atoms with Gasteiger partial charge in [-0.25, -0.2) is 0 Å². The van der Waals surface area contributed by atoms with Crippen molar-refractivity contribution >= 4 is 11.9 Å². The number of ether oxygens (including phenoxy) is 1. The Morgan fingerprint density at radius 2 is 0.778 bits per heavy atom. The lowest BCUT2D eigenvalue weighted by atomic mass is 10.0. The Hall–Kier alpha value is -1.66. The van der Waals surface area contributed by atoms with E-state index < -0.39 is 18.2 Å². The maximum Gasteiger partial charge on any atom is 0.306 e. The van der Waals surface area contributed by atoms with E-state index in [9.17, 15) is 19.8 Å². The predicted molar refractivity (Wildman–Crippen MR) is 273 cm³/mol. The number of carbonyl (C=O) groups is 2. The monoisotopic (exact) mass is 888 g/mol. The molecule has 0 aliphatic carbocycles. The maximum atomic E-state index is 13.2. The fraction of sp³-hybridized carbons (Fsp3) is 0.895. The standard InChI is InChI=1S/C57H109NO5/c1-4-7-10-13-16-19-21-23-25-27-29-31-33-35-38-41-44-47-50-57(62)63-53(48-45-42-39-36-18-15-12-9-6-3)51-56(61)58-54(52-59)55(60)49-46-43-40-37-34-32-30-28-26-24-22-20-17-14-11-8-5-2/h15,18,29,31,53-55,59-60H,4-14,16-17,19-28,30,32-52H2,1-3H3,(H,58,61)/b18-15-,31-29+. The van der Waals surface area contributed by atoms with Crippen molar-refractivity contribution in [1.29, 1.82) is 0 Å². The van der Waals surface area contributed by atoms with Crippen LogP contribution in [-0.2, 0) is 14.3 Å². The van der Waals surface area contributed by atoms with Crippen LogP contribution in [0.15, 0.2) is 24.3 Å². The number of nitrogens with one attached hydrogen (secondary N) is 1. The molecule has 0 radical (unpaired) electrons. The number of esters is 1. The molecule has 0 aromatic rings. The van der Waals surface area contributed by atoms with Crippen LogP contribution in [0.4, 0.5) is 0 Å². The molecule has 1 amide bonds. The van der Waals surface area contributed by atoms with Crippen LogP contribution in [0.3, 0.4) is 0 Å². The Morgan fingerprint density at radius 3 is 1.19 bits per heavy atom. The van der Waals surface area contributed by atoms with E-state index in [-0.39, 0.29) is 24.9 Å². The van der Waals surface area contributed by atoms with E-state index in [1.165, 1.54) is 186 Å². The Morgan fingerprint density at radius 1 is 0.444 bits per heavy atom. The van der Waals surface area contributed by atoms with Gasteiger partial charge in [0, 0.05) is 6.42 Å². The second kappa shape index (κ2) is 51.3. The SMILES string of the molecule is CCCC/C=C\CCCCCC(CC(=O)NC(CO)C(O)CCCCCCCCCCCCCCCCCCC)OC(=O)CCCCCCC/C=C/CCCCCCCCCCC. The van der Waals surface area contributed by atoms with Crippen molar-refractivity contribution in [3.8, 4) is 0 Å². The second-order valence-corrected chi connectivity index (χ2v) is 19.3. The molecule has 0 aromatic heterocycles. The molecule has 0 aliphatic rings. The second-order valence-electron chi connectivity index (χ2n) is 19.3. The average Bonchev–Trinajstić information content (AvgIpc) is 3.28. The lowest BCUT2D eigenvalue weighted by Crippen LogP contribution is -2.46. The topological polar surface area (TPSA) is 95.9 Å². The highest BCUT2D eigenvalue weighted by Gasteiger charge is 2.24. The average molecular weight is 889 g/mol. The largest absolute Gasteiger partial charge is 0.462 e. The number of hydrogen-bond acceptors (Lipinski definition) is 5. The summed E-state index contributed by atoms with van der Waals surface area (Å²) in [5.74, 6) is -0.488. The van der Waals surface area contributed by atoms with Gasteiger partial charge in [0.25, 0.3) is 0 Å². The molecule has 6 nitrogen and oxygen atoms in total. The molecular formula is C57H109NO5. The number of aliphatic hydroxyl groups is 2. The van der Waals surface area contributed by atoms with E-state index in [1.54, 1.807) is 0 Å². The van der Waals surface area contributed by atoms with Crippen LogP contribution in [0, 0.1) is 0 Å². The van der Waals surface area contributed by atoms with Crippen LogP contribution >= 0.6 is 0 Å². The summed E-state index contributed by atoms with van der Waals surface area (Å²) in [7, 11) is 0. The van der Waals surface area contributed by atoms with Gasteiger partial charge >= 0.3 is 5.97 Å². The molecule has 372 valence electrons. The van der Waals surface area contributed by atoms with Gasteiger partial charge in [-0.2, -0.15) is 0 Å². The third-order valence-corrected chi connectivity index (χ3v) is 13.0. The smallest absolute Gasteiger partial charge is 0.306 e. The summed E-state index contributed by atoms with van der Waals surface area (Å²) in [6, 6.07) is -0.704. The van der Waals surface area contributed by atoms with Gasteiger partial charge in [-0.3, -0.25) is 9.59 Å². The molecule has 0 spiro atoms. The van der Waals surface area contributed by atoms with Crippen LogP contribution < -0.4 is 5.32 Å². The predicted octanol–water partition coefficient (Wildman–Crippen LogP) is 17.1. The number of allylic oxidation sites excluding steroid dienone is 4. The Bertz CT molecular complexity index is 997. The van der Waals surface area contributed by atoms with Gasteiger partial charge in [-0.15, -0.1) is 0 Å². The van der Waals surface area contributed by atoms with Crippen molar-refractivity contribution in [2.75, 3.05) is 6.61 Å². The lowest BCUT2D eigenvalue weighted by Gasteiger charge is -2.24. The van der Waals surface area contributed by atoms with Gasteiger partial charge in [0.15, 0.2) is 0 Å². The minimum atomic E-state index is -0.790. The highest BCUT2D eigenvalue weighted by Crippen LogP contribution is 2.18. The van der Waals surface area contributed by atoms with Gasteiger partial charge in [-0.1, -0.05) is 244 Å². The van der Waals surface area contributed by atoms with E-state index in [4.69, 9.17) is 4.74 Å². The summed E-state index contributed by atoms with van der Waals surface area (Å²) < 4.78 is 5.92. The molecule has 0 saturated heterocycles. The van der Waals surface area contributed by atoms with Gasteiger partial charge in [0.1, 0.15) is 6.10 Å². The summed E-state index contributed by atoms with van der Waals surface area (Å²) in [6.07, 6.45) is 59.7. The molecule has 3 unspecified atom stereocenters.